The zero-order valence-corrected chi connectivity index (χ0v) is 11.7. The number of hydrogen-bond acceptors (Lipinski definition) is 2. The highest BCUT2D eigenvalue weighted by Gasteiger charge is 2.06. The number of carboxylic acids is 1. The van der Waals surface area contributed by atoms with Crippen LogP contribution in [0.4, 0.5) is 0 Å². The maximum atomic E-state index is 11.8. The normalized spacial score (nSPS) is 10.2. The number of carbonyl (C=O) groups is 2. The lowest BCUT2D eigenvalue weighted by molar-refractivity contribution is -0.137. The van der Waals surface area contributed by atoms with Crippen LogP contribution in [0, 0.1) is 6.92 Å². The third kappa shape index (κ3) is 6.25. The molecule has 5 heteroatoms. The number of halogens is 1. The summed E-state index contributed by atoms with van der Waals surface area (Å²) in [5.41, 5.74) is 1.50. The lowest BCUT2D eigenvalue weighted by atomic mass is 10.1. The predicted octanol–water partition coefficient (Wildman–Crippen LogP) is 3.02. The molecule has 0 aliphatic rings. The van der Waals surface area contributed by atoms with Gasteiger partial charge in [0.1, 0.15) is 0 Å². The van der Waals surface area contributed by atoms with Crippen LogP contribution in [0.2, 0.25) is 5.02 Å². The Labute approximate surface area is 117 Å². The van der Waals surface area contributed by atoms with Gasteiger partial charge in [-0.3, -0.25) is 9.59 Å². The second kappa shape index (κ2) is 7.79. The number of carbonyl (C=O) groups excluding carboxylic acids is 1. The topological polar surface area (TPSA) is 66.4 Å². The van der Waals surface area contributed by atoms with Crippen LogP contribution in [0.3, 0.4) is 0 Å². The minimum Gasteiger partial charge on any atom is -0.481 e. The van der Waals surface area contributed by atoms with Crippen molar-refractivity contribution in [1.29, 1.82) is 0 Å². The fraction of sp³-hybridized carbons (Fsp3) is 0.429. The zero-order chi connectivity index (χ0) is 14.3. The molecule has 0 unspecified atom stereocenters. The molecule has 0 radical (unpaired) electrons. The monoisotopic (exact) mass is 283 g/mol. The molecule has 0 saturated carbocycles. The molecule has 1 aromatic carbocycles. The highest BCUT2D eigenvalue weighted by Crippen LogP contribution is 2.14. The summed E-state index contributed by atoms with van der Waals surface area (Å²) in [4.78, 5) is 22.1. The molecular formula is C14H18ClNO3. The summed E-state index contributed by atoms with van der Waals surface area (Å²) < 4.78 is 0. The minimum absolute atomic E-state index is 0.149. The van der Waals surface area contributed by atoms with Crippen molar-refractivity contribution in [3.8, 4) is 0 Å². The Morgan fingerprint density at radius 3 is 2.58 bits per heavy atom. The molecule has 1 rings (SSSR count). The number of amides is 1. The van der Waals surface area contributed by atoms with E-state index in [-0.39, 0.29) is 12.3 Å². The van der Waals surface area contributed by atoms with Gasteiger partial charge in [-0.2, -0.15) is 0 Å². The third-order valence-corrected chi connectivity index (χ3v) is 2.88. The zero-order valence-electron chi connectivity index (χ0n) is 10.9. The lowest BCUT2D eigenvalue weighted by Gasteiger charge is -2.06. The number of unbranched alkanes of at least 4 members (excludes halogenated alkanes) is 2. The third-order valence-electron chi connectivity index (χ3n) is 2.66. The smallest absolute Gasteiger partial charge is 0.303 e. The lowest BCUT2D eigenvalue weighted by Crippen LogP contribution is -2.24. The van der Waals surface area contributed by atoms with E-state index in [0.29, 0.717) is 23.6 Å². The van der Waals surface area contributed by atoms with E-state index < -0.39 is 5.97 Å². The van der Waals surface area contributed by atoms with Crippen molar-refractivity contribution < 1.29 is 14.7 Å². The molecule has 1 amide bonds. The number of benzene rings is 1. The van der Waals surface area contributed by atoms with Gasteiger partial charge in [0.05, 0.1) is 0 Å². The van der Waals surface area contributed by atoms with Crippen molar-refractivity contribution in [3.63, 3.8) is 0 Å². The average Bonchev–Trinajstić information content (AvgIpc) is 2.31. The molecule has 0 saturated heterocycles. The summed E-state index contributed by atoms with van der Waals surface area (Å²) in [5, 5.41) is 11.8. The summed E-state index contributed by atoms with van der Waals surface area (Å²) in [6.45, 7) is 2.43. The predicted molar refractivity (Wildman–Crippen MR) is 74.6 cm³/mol. The van der Waals surface area contributed by atoms with Gasteiger partial charge >= 0.3 is 5.97 Å². The van der Waals surface area contributed by atoms with Crippen LogP contribution in [0.15, 0.2) is 18.2 Å². The van der Waals surface area contributed by atoms with Crippen LogP contribution in [-0.2, 0) is 4.79 Å². The fourth-order valence-electron chi connectivity index (χ4n) is 1.75. The van der Waals surface area contributed by atoms with Crippen LogP contribution in [-0.4, -0.2) is 23.5 Å². The van der Waals surface area contributed by atoms with Gasteiger partial charge in [0, 0.05) is 23.6 Å². The molecule has 0 aromatic heterocycles. The van der Waals surface area contributed by atoms with Gasteiger partial charge in [0.25, 0.3) is 5.91 Å². The van der Waals surface area contributed by atoms with Gasteiger partial charge in [-0.1, -0.05) is 18.0 Å². The van der Waals surface area contributed by atoms with Crippen molar-refractivity contribution in [2.75, 3.05) is 6.54 Å². The van der Waals surface area contributed by atoms with Gasteiger partial charge in [0.2, 0.25) is 0 Å². The molecule has 0 fully saturated rings. The maximum absolute atomic E-state index is 11.8. The number of rotatable bonds is 7. The highest BCUT2D eigenvalue weighted by molar-refractivity contribution is 6.31. The molecule has 0 aliphatic carbocycles. The molecule has 104 valence electrons. The molecule has 1 aromatic rings. The highest BCUT2D eigenvalue weighted by atomic mass is 35.5. The Bertz CT molecular complexity index is 440. The number of aryl methyl sites for hydroxylation is 1. The number of aliphatic carboxylic acids is 1. The Balaban J connectivity index is 2.29. The number of hydrogen-bond donors (Lipinski definition) is 2. The van der Waals surface area contributed by atoms with Gasteiger partial charge < -0.3 is 10.4 Å². The Kier molecular flexibility index (Phi) is 6.36. The molecular weight excluding hydrogens is 266 g/mol. The first-order valence-corrected chi connectivity index (χ1v) is 6.64. The van der Waals surface area contributed by atoms with Crippen LogP contribution in [0.1, 0.15) is 41.6 Å². The fourth-order valence-corrected chi connectivity index (χ4v) is 2.04. The number of carboxylic acid groups (broad SMARTS) is 1. The van der Waals surface area contributed by atoms with Crippen LogP contribution >= 0.6 is 11.6 Å². The van der Waals surface area contributed by atoms with Gasteiger partial charge in [-0.25, -0.2) is 0 Å². The summed E-state index contributed by atoms with van der Waals surface area (Å²) >= 11 is 5.89. The average molecular weight is 284 g/mol. The van der Waals surface area contributed by atoms with E-state index in [1.165, 1.54) is 0 Å². The van der Waals surface area contributed by atoms with Crippen LogP contribution in [0.5, 0.6) is 0 Å². The standard InChI is InChI=1S/C14H18ClNO3/c1-10-7-11(9-12(15)8-10)14(19)16-6-4-2-3-5-13(17)18/h7-9H,2-6H2,1H3,(H,16,19)(H,17,18). The Morgan fingerprint density at radius 1 is 1.21 bits per heavy atom. The Hall–Kier alpha value is -1.55. The van der Waals surface area contributed by atoms with E-state index in [9.17, 15) is 9.59 Å². The first-order valence-electron chi connectivity index (χ1n) is 6.26. The van der Waals surface area contributed by atoms with Crippen molar-refractivity contribution in [1.82, 2.24) is 5.32 Å². The molecule has 4 nitrogen and oxygen atoms in total. The summed E-state index contributed by atoms with van der Waals surface area (Å²) in [5.74, 6) is -0.928. The van der Waals surface area contributed by atoms with E-state index in [4.69, 9.17) is 16.7 Å². The maximum Gasteiger partial charge on any atom is 0.303 e. The SMILES string of the molecule is Cc1cc(Cl)cc(C(=O)NCCCCCC(=O)O)c1. The quantitative estimate of drug-likeness (QED) is 0.756. The van der Waals surface area contributed by atoms with Crippen molar-refractivity contribution in [2.24, 2.45) is 0 Å². The van der Waals surface area contributed by atoms with E-state index in [0.717, 1.165) is 18.4 Å². The minimum atomic E-state index is -0.779. The van der Waals surface area contributed by atoms with Crippen molar-refractivity contribution >= 4 is 23.5 Å². The molecule has 0 spiro atoms. The second-order valence-corrected chi connectivity index (χ2v) is 4.91. The first kappa shape index (κ1) is 15.5. The number of nitrogens with one attached hydrogen (secondary N) is 1. The Morgan fingerprint density at radius 2 is 1.95 bits per heavy atom. The van der Waals surface area contributed by atoms with Gasteiger partial charge in [-0.15, -0.1) is 0 Å². The summed E-state index contributed by atoms with van der Waals surface area (Å²) in [7, 11) is 0. The van der Waals surface area contributed by atoms with E-state index in [1.54, 1.807) is 18.2 Å². The summed E-state index contributed by atoms with van der Waals surface area (Å²) in [6, 6.07) is 5.21. The molecule has 0 bridgehead atoms. The molecule has 0 heterocycles. The van der Waals surface area contributed by atoms with E-state index in [2.05, 4.69) is 5.32 Å². The van der Waals surface area contributed by atoms with Crippen molar-refractivity contribution in [2.45, 2.75) is 32.6 Å². The first-order chi connectivity index (χ1) is 8.99. The van der Waals surface area contributed by atoms with E-state index in [1.807, 2.05) is 6.92 Å². The van der Waals surface area contributed by atoms with Crippen LogP contribution in [0.25, 0.3) is 0 Å². The van der Waals surface area contributed by atoms with Gasteiger partial charge in [0.15, 0.2) is 0 Å². The largest absolute Gasteiger partial charge is 0.481 e. The van der Waals surface area contributed by atoms with Gasteiger partial charge in [-0.05, 0) is 43.5 Å². The molecule has 0 aliphatic heterocycles. The second-order valence-electron chi connectivity index (χ2n) is 4.48. The summed E-state index contributed by atoms with van der Waals surface area (Å²) in [6.07, 6.45) is 2.39. The molecule has 0 atom stereocenters. The van der Waals surface area contributed by atoms with Crippen molar-refractivity contribution in [3.05, 3.63) is 34.3 Å². The van der Waals surface area contributed by atoms with E-state index >= 15 is 0 Å². The molecule has 19 heavy (non-hydrogen) atoms. The van der Waals surface area contributed by atoms with Crippen LogP contribution < -0.4 is 5.32 Å². The molecule has 2 N–H and O–H groups in total.